The van der Waals surface area contributed by atoms with Crippen LogP contribution >= 0.6 is 0 Å². The molecule has 0 radical (unpaired) electrons. The summed E-state index contributed by atoms with van der Waals surface area (Å²) < 4.78 is 15.1. The molecule has 0 saturated heterocycles. The van der Waals surface area contributed by atoms with Gasteiger partial charge in [0.1, 0.15) is 0 Å². The van der Waals surface area contributed by atoms with Gasteiger partial charge in [-0.25, -0.2) is 0 Å². The summed E-state index contributed by atoms with van der Waals surface area (Å²) >= 11 is 1.15. The fourth-order valence-electron chi connectivity index (χ4n) is 1.78. The molecule has 1 aromatic carbocycles. The van der Waals surface area contributed by atoms with E-state index < -0.39 is 0 Å². The summed E-state index contributed by atoms with van der Waals surface area (Å²) in [4.78, 5) is 0. The van der Waals surface area contributed by atoms with E-state index in [0.717, 1.165) is 53.5 Å². The molecule has 1 aromatic rings. The van der Waals surface area contributed by atoms with Crippen molar-refractivity contribution in [1.82, 2.24) is 0 Å². The molecule has 1 aliphatic rings. The summed E-state index contributed by atoms with van der Waals surface area (Å²) in [5.74, 6) is 1.52. The standard InChI is InChI=1S/C13H12NO2.W/c1-4-9(8(2)3)10-5-12-13(6-11(10)14)16-7-15-12;/h5-6H,2,7H2,1,3H3;/q-1;. The van der Waals surface area contributed by atoms with Gasteiger partial charge in [0.2, 0.25) is 0 Å². The number of ether oxygens (including phenoxy) is 2. The molecule has 0 spiro atoms. The van der Waals surface area contributed by atoms with E-state index in [0.29, 0.717) is 0 Å². The Morgan fingerprint density at radius 3 is 2.59 bits per heavy atom. The number of benzene rings is 1. The molecule has 0 amide bonds. The fraction of sp³-hybridized carbons (Fsp3) is 0.231. The molecule has 2 rings (SSSR count). The van der Waals surface area contributed by atoms with Gasteiger partial charge in [0.25, 0.3) is 0 Å². The van der Waals surface area contributed by atoms with Crippen molar-refractivity contribution in [3.63, 3.8) is 0 Å². The van der Waals surface area contributed by atoms with Crippen LogP contribution in [-0.4, -0.2) is 6.79 Å². The molecule has 4 heteroatoms. The van der Waals surface area contributed by atoms with Crippen molar-refractivity contribution in [1.29, 1.82) is 0 Å². The third kappa shape index (κ3) is 2.25. The Labute approximate surface area is 112 Å². The summed E-state index contributed by atoms with van der Waals surface area (Å²) in [5.41, 5.74) is 3.84. The van der Waals surface area contributed by atoms with E-state index in [1.807, 2.05) is 26.0 Å². The van der Waals surface area contributed by atoms with Crippen LogP contribution in [0.5, 0.6) is 11.5 Å². The quantitative estimate of drug-likeness (QED) is 0.576. The predicted molar refractivity (Wildman–Crippen MR) is 61.8 cm³/mol. The van der Waals surface area contributed by atoms with Crippen molar-refractivity contribution < 1.29 is 29.1 Å². The first-order chi connectivity index (χ1) is 8.17. The molecule has 0 atom stereocenters. The molecular weight excluding hydrogens is 386 g/mol. The first-order valence-electron chi connectivity index (χ1n) is 5.15. The average molecular weight is 398 g/mol. The van der Waals surface area contributed by atoms with Crippen molar-refractivity contribution in [2.24, 2.45) is 3.50 Å². The fourth-order valence-corrected chi connectivity index (χ4v) is 2.33. The minimum absolute atomic E-state index is 0.275. The number of allylic oxidation sites excluding steroid dienone is 3. The molecule has 0 bridgehead atoms. The Morgan fingerprint density at radius 1 is 1.41 bits per heavy atom. The maximum absolute atomic E-state index is 5.39. The van der Waals surface area contributed by atoms with Crippen LogP contribution in [0, 0.1) is 6.08 Å². The number of nitrogens with zero attached hydrogens (tertiary/aromatic N) is 1. The zero-order valence-electron chi connectivity index (χ0n) is 9.74. The third-order valence-corrected chi connectivity index (χ3v) is 3.24. The van der Waals surface area contributed by atoms with Crippen molar-refractivity contribution in [2.75, 3.05) is 6.79 Å². The molecule has 1 aliphatic heterocycles. The van der Waals surface area contributed by atoms with Gasteiger partial charge in [-0.2, -0.15) is 0 Å². The van der Waals surface area contributed by atoms with Gasteiger partial charge in [-0.1, -0.05) is 0 Å². The van der Waals surface area contributed by atoms with E-state index in [4.69, 9.17) is 9.47 Å². The molecule has 1 heterocycles. The van der Waals surface area contributed by atoms with Gasteiger partial charge in [-0.3, -0.25) is 0 Å². The van der Waals surface area contributed by atoms with Gasteiger partial charge in [-0.05, 0) is 0 Å². The number of hydrogen-bond donors (Lipinski definition) is 0. The Balaban J connectivity index is 2.60. The summed E-state index contributed by atoms with van der Waals surface area (Å²) in [6.07, 6.45) is 3.15. The van der Waals surface area contributed by atoms with Crippen LogP contribution in [0.15, 0.2) is 27.8 Å². The monoisotopic (exact) mass is 398 g/mol. The van der Waals surface area contributed by atoms with Gasteiger partial charge < -0.3 is 0 Å². The summed E-state index contributed by atoms with van der Waals surface area (Å²) in [5, 5.41) is 0. The minimum atomic E-state index is 0.275. The Morgan fingerprint density at radius 2 is 2.06 bits per heavy atom. The van der Waals surface area contributed by atoms with Gasteiger partial charge in [0, 0.05) is 0 Å². The molecule has 0 N–H and O–H groups in total. The summed E-state index contributed by atoms with van der Waals surface area (Å²) in [7, 11) is 0. The predicted octanol–water partition coefficient (Wildman–Crippen LogP) is 3.56. The second-order valence-electron chi connectivity index (χ2n) is 3.72. The van der Waals surface area contributed by atoms with Crippen LogP contribution in [0.4, 0.5) is 5.69 Å². The second-order valence-corrected chi connectivity index (χ2v) is 4.38. The van der Waals surface area contributed by atoms with Gasteiger partial charge >= 0.3 is 112 Å². The number of rotatable bonds is 3. The van der Waals surface area contributed by atoms with Crippen molar-refractivity contribution >= 4 is 11.3 Å². The van der Waals surface area contributed by atoms with Crippen LogP contribution < -0.4 is 9.47 Å². The van der Waals surface area contributed by atoms with Crippen LogP contribution in [0.25, 0.3) is 5.57 Å². The third-order valence-electron chi connectivity index (χ3n) is 2.54. The molecule has 17 heavy (non-hydrogen) atoms. The van der Waals surface area contributed by atoms with E-state index in [1.165, 1.54) is 0 Å². The molecule has 0 fully saturated rings. The van der Waals surface area contributed by atoms with Crippen molar-refractivity contribution in [2.45, 2.75) is 13.8 Å². The van der Waals surface area contributed by atoms with E-state index in [2.05, 4.69) is 16.2 Å². The number of fused-ring (bicyclic) bond motifs is 1. The van der Waals surface area contributed by atoms with Gasteiger partial charge in [0.15, 0.2) is 0 Å². The zero-order valence-corrected chi connectivity index (χ0v) is 12.7. The van der Waals surface area contributed by atoms with Crippen molar-refractivity contribution in [3.8, 4) is 11.5 Å². The molecule has 0 unspecified atom stereocenters. The van der Waals surface area contributed by atoms with E-state index >= 15 is 0 Å². The Bertz CT molecular complexity index is 520. The summed E-state index contributed by atoms with van der Waals surface area (Å²) in [6.45, 7) is 8.08. The topological polar surface area (TPSA) is 30.8 Å². The van der Waals surface area contributed by atoms with Gasteiger partial charge in [0.05, 0.1) is 0 Å². The SMILES string of the molecule is C=C(C)C(=[C-]C)c1cc2c(cc1[N]=[W])OCO2. The van der Waals surface area contributed by atoms with Crippen LogP contribution in [-0.2, 0) is 19.6 Å². The van der Waals surface area contributed by atoms with E-state index in [1.54, 1.807) is 0 Å². The Kier molecular flexibility index (Phi) is 3.58. The normalized spacial score (nSPS) is 13.6. The average Bonchev–Trinajstić information content (AvgIpc) is 2.75. The zero-order chi connectivity index (χ0) is 12.4. The van der Waals surface area contributed by atoms with Crippen LogP contribution in [0.3, 0.4) is 0 Å². The molecular formula is C13H12NO2W-. The second kappa shape index (κ2) is 4.97. The first-order valence-corrected chi connectivity index (χ1v) is 6.46. The maximum atomic E-state index is 5.39. The number of hydrogen-bond acceptors (Lipinski definition) is 3. The van der Waals surface area contributed by atoms with Gasteiger partial charge in [-0.15, -0.1) is 0 Å². The van der Waals surface area contributed by atoms with E-state index in [9.17, 15) is 0 Å². The first kappa shape index (κ1) is 12.3. The molecule has 0 aromatic heterocycles. The Hall–Kier alpha value is -1.21. The van der Waals surface area contributed by atoms with E-state index in [-0.39, 0.29) is 6.79 Å². The van der Waals surface area contributed by atoms with Crippen LogP contribution in [0.2, 0.25) is 0 Å². The summed E-state index contributed by atoms with van der Waals surface area (Å²) in [6, 6.07) is 3.86. The molecule has 3 nitrogen and oxygen atoms in total. The molecule has 0 aliphatic carbocycles. The molecule has 88 valence electrons. The molecule has 0 saturated carbocycles. The van der Waals surface area contributed by atoms with Crippen molar-refractivity contribution in [3.05, 3.63) is 35.9 Å². The van der Waals surface area contributed by atoms with Crippen LogP contribution in [0.1, 0.15) is 19.4 Å².